The Morgan fingerprint density at radius 2 is 2.05 bits per heavy atom. The Labute approximate surface area is 129 Å². The first-order valence-electron chi connectivity index (χ1n) is 7.51. The highest BCUT2D eigenvalue weighted by Gasteiger charge is 2.19. The van der Waals surface area contributed by atoms with Crippen LogP contribution in [0.4, 0.5) is 0 Å². The predicted molar refractivity (Wildman–Crippen MR) is 83.1 cm³/mol. The number of hydrogen-bond donors (Lipinski definition) is 1. The van der Waals surface area contributed by atoms with Crippen molar-refractivity contribution in [3.63, 3.8) is 0 Å². The number of nitrogens with one attached hydrogen (secondary N) is 1. The lowest BCUT2D eigenvalue weighted by Gasteiger charge is -2.26. The second-order valence-corrected chi connectivity index (χ2v) is 6.92. The van der Waals surface area contributed by atoms with E-state index in [9.17, 15) is 0 Å². The van der Waals surface area contributed by atoms with Gasteiger partial charge in [0.25, 0.3) is 0 Å². The summed E-state index contributed by atoms with van der Waals surface area (Å²) in [6.07, 6.45) is 5.54. The Hall–Kier alpha value is -0.740. The van der Waals surface area contributed by atoms with Crippen LogP contribution in [0.15, 0.2) is 16.6 Å². The first-order valence-corrected chi connectivity index (χ1v) is 8.30. The molecular weight excluding hydrogens is 318 g/mol. The average molecular weight is 340 g/mol. The summed E-state index contributed by atoms with van der Waals surface area (Å²) in [6, 6.07) is 4.07. The van der Waals surface area contributed by atoms with Crippen molar-refractivity contribution in [1.29, 1.82) is 0 Å². The van der Waals surface area contributed by atoms with Crippen molar-refractivity contribution < 1.29 is 9.47 Å². The first kappa shape index (κ1) is 14.2. The maximum absolute atomic E-state index is 5.43. The molecule has 2 aliphatic rings. The van der Waals surface area contributed by atoms with Gasteiger partial charge in [0.15, 0.2) is 11.5 Å². The lowest BCUT2D eigenvalue weighted by Crippen LogP contribution is -2.26. The van der Waals surface area contributed by atoms with Gasteiger partial charge in [-0.05, 0) is 48.9 Å². The molecule has 1 aliphatic carbocycles. The Kier molecular flexibility index (Phi) is 4.51. The monoisotopic (exact) mass is 339 g/mol. The summed E-state index contributed by atoms with van der Waals surface area (Å²) in [5.74, 6) is 3.43. The van der Waals surface area contributed by atoms with Gasteiger partial charge in [0.1, 0.15) is 0 Å². The fourth-order valence-electron chi connectivity index (χ4n) is 3.25. The van der Waals surface area contributed by atoms with Crippen LogP contribution in [0.2, 0.25) is 0 Å². The van der Waals surface area contributed by atoms with Gasteiger partial charge in [-0.3, -0.25) is 0 Å². The van der Waals surface area contributed by atoms with E-state index in [4.69, 9.17) is 9.47 Å². The summed E-state index contributed by atoms with van der Waals surface area (Å²) in [5, 5.41) is 3.60. The van der Waals surface area contributed by atoms with Gasteiger partial charge in [0.05, 0.1) is 0 Å². The van der Waals surface area contributed by atoms with Gasteiger partial charge < -0.3 is 14.8 Å². The summed E-state index contributed by atoms with van der Waals surface area (Å²) in [6.45, 7) is 4.70. The molecule has 0 radical (unpaired) electrons. The van der Waals surface area contributed by atoms with Crippen molar-refractivity contribution in [3.8, 4) is 11.5 Å². The second kappa shape index (κ2) is 6.35. The number of hydrogen-bond acceptors (Lipinski definition) is 3. The smallest absolute Gasteiger partial charge is 0.231 e. The summed E-state index contributed by atoms with van der Waals surface area (Å²) < 4.78 is 11.9. The van der Waals surface area contributed by atoms with E-state index in [0.717, 1.165) is 40.9 Å². The van der Waals surface area contributed by atoms with E-state index in [-0.39, 0.29) is 0 Å². The molecule has 1 N–H and O–H groups in total. The lowest BCUT2D eigenvalue weighted by molar-refractivity contribution is 0.174. The standard InChI is InChI=1S/C16H22BrNO2/c1-11-3-2-4-12(5-11)8-18-9-13-6-15-16(7-14(13)17)20-10-19-15/h6-7,11-12,18H,2-5,8-10H2,1H3. The molecule has 3 nitrogen and oxygen atoms in total. The molecular formula is C16H22BrNO2. The van der Waals surface area contributed by atoms with E-state index in [0.29, 0.717) is 6.79 Å². The highest BCUT2D eigenvalue weighted by Crippen LogP contribution is 2.37. The minimum atomic E-state index is 0.332. The molecule has 0 amide bonds. The predicted octanol–water partition coefficient (Wildman–Crippen LogP) is 4.09. The van der Waals surface area contributed by atoms with Crippen LogP contribution >= 0.6 is 15.9 Å². The molecule has 1 heterocycles. The van der Waals surface area contributed by atoms with Crippen molar-refractivity contribution in [2.75, 3.05) is 13.3 Å². The van der Waals surface area contributed by atoms with Gasteiger partial charge in [-0.25, -0.2) is 0 Å². The van der Waals surface area contributed by atoms with Crippen molar-refractivity contribution >= 4 is 15.9 Å². The van der Waals surface area contributed by atoms with Crippen molar-refractivity contribution in [2.45, 2.75) is 39.2 Å². The van der Waals surface area contributed by atoms with Crippen molar-refractivity contribution in [2.24, 2.45) is 11.8 Å². The van der Waals surface area contributed by atoms with Gasteiger partial charge in [-0.2, -0.15) is 0 Å². The normalized spacial score (nSPS) is 24.9. The second-order valence-electron chi connectivity index (χ2n) is 6.07. The van der Waals surface area contributed by atoms with E-state index in [1.54, 1.807) is 0 Å². The van der Waals surface area contributed by atoms with Crippen LogP contribution in [0, 0.1) is 11.8 Å². The molecule has 1 saturated carbocycles. The minimum absolute atomic E-state index is 0.332. The first-order chi connectivity index (χ1) is 9.72. The summed E-state index contributed by atoms with van der Waals surface area (Å²) >= 11 is 3.61. The summed E-state index contributed by atoms with van der Waals surface area (Å²) in [5.41, 5.74) is 1.23. The molecule has 0 aromatic heterocycles. The molecule has 2 atom stereocenters. The molecule has 0 saturated heterocycles. The molecule has 110 valence electrons. The fraction of sp³-hybridized carbons (Fsp3) is 0.625. The van der Waals surface area contributed by atoms with E-state index in [1.807, 2.05) is 6.07 Å². The third kappa shape index (κ3) is 3.29. The number of halogens is 1. The maximum atomic E-state index is 5.43. The van der Waals surface area contributed by atoms with Crippen LogP contribution in [-0.4, -0.2) is 13.3 Å². The Bertz CT molecular complexity index is 478. The molecule has 0 bridgehead atoms. The highest BCUT2D eigenvalue weighted by molar-refractivity contribution is 9.10. The molecule has 1 fully saturated rings. The lowest BCUT2D eigenvalue weighted by atomic mass is 9.82. The van der Waals surface area contributed by atoms with Crippen LogP contribution in [-0.2, 0) is 6.54 Å². The molecule has 1 aromatic carbocycles. The van der Waals surface area contributed by atoms with Gasteiger partial charge in [-0.1, -0.05) is 35.7 Å². The molecule has 1 aliphatic heterocycles. The van der Waals surface area contributed by atoms with E-state index >= 15 is 0 Å². The van der Waals surface area contributed by atoms with E-state index in [2.05, 4.69) is 34.2 Å². The van der Waals surface area contributed by atoms with Crippen molar-refractivity contribution in [3.05, 3.63) is 22.2 Å². The molecule has 0 spiro atoms. The largest absolute Gasteiger partial charge is 0.454 e. The van der Waals surface area contributed by atoms with Crippen LogP contribution in [0.25, 0.3) is 0 Å². The Balaban J connectivity index is 1.53. The number of ether oxygens (including phenoxy) is 2. The molecule has 2 unspecified atom stereocenters. The number of benzene rings is 1. The molecule has 1 aromatic rings. The molecule has 3 rings (SSSR count). The maximum Gasteiger partial charge on any atom is 0.231 e. The highest BCUT2D eigenvalue weighted by atomic mass is 79.9. The topological polar surface area (TPSA) is 30.5 Å². The Morgan fingerprint density at radius 3 is 2.85 bits per heavy atom. The zero-order valence-corrected chi connectivity index (χ0v) is 13.5. The summed E-state index contributed by atoms with van der Waals surface area (Å²) in [4.78, 5) is 0. The third-order valence-corrected chi connectivity index (χ3v) is 5.07. The van der Waals surface area contributed by atoms with Gasteiger partial charge in [0, 0.05) is 11.0 Å². The third-order valence-electron chi connectivity index (χ3n) is 4.34. The van der Waals surface area contributed by atoms with Gasteiger partial charge in [0.2, 0.25) is 6.79 Å². The van der Waals surface area contributed by atoms with Crippen LogP contribution in [0.1, 0.15) is 38.2 Å². The Morgan fingerprint density at radius 1 is 1.25 bits per heavy atom. The fourth-order valence-corrected chi connectivity index (χ4v) is 3.71. The SMILES string of the molecule is CC1CCCC(CNCc2cc3c(cc2Br)OCO3)C1. The average Bonchev–Trinajstić information content (AvgIpc) is 2.86. The molecule has 4 heteroatoms. The van der Waals surface area contributed by atoms with Gasteiger partial charge in [-0.15, -0.1) is 0 Å². The zero-order chi connectivity index (χ0) is 13.9. The number of rotatable bonds is 4. The van der Waals surface area contributed by atoms with Crippen LogP contribution < -0.4 is 14.8 Å². The van der Waals surface area contributed by atoms with Gasteiger partial charge >= 0.3 is 0 Å². The quantitative estimate of drug-likeness (QED) is 0.895. The zero-order valence-electron chi connectivity index (χ0n) is 12.0. The van der Waals surface area contributed by atoms with E-state index in [1.165, 1.54) is 31.2 Å². The molecule has 20 heavy (non-hydrogen) atoms. The van der Waals surface area contributed by atoms with Crippen LogP contribution in [0.3, 0.4) is 0 Å². The number of fused-ring (bicyclic) bond motifs is 1. The summed E-state index contributed by atoms with van der Waals surface area (Å²) in [7, 11) is 0. The van der Waals surface area contributed by atoms with E-state index < -0.39 is 0 Å². The van der Waals surface area contributed by atoms with Crippen molar-refractivity contribution in [1.82, 2.24) is 5.32 Å². The minimum Gasteiger partial charge on any atom is -0.454 e. The van der Waals surface area contributed by atoms with Crippen LogP contribution in [0.5, 0.6) is 11.5 Å².